The highest BCUT2D eigenvalue weighted by molar-refractivity contribution is 8.23. The predicted molar refractivity (Wildman–Crippen MR) is 76.8 cm³/mol. The van der Waals surface area contributed by atoms with E-state index in [0.29, 0.717) is 21.8 Å². The average Bonchev–Trinajstić information content (AvgIpc) is 2.30. The van der Waals surface area contributed by atoms with Crippen LogP contribution in [0.3, 0.4) is 0 Å². The van der Waals surface area contributed by atoms with Gasteiger partial charge in [0.1, 0.15) is 6.29 Å². The van der Waals surface area contributed by atoms with Crippen LogP contribution in [0.5, 0.6) is 0 Å². The number of aldehydes is 1. The lowest BCUT2D eigenvalue weighted by molar-refractivity contribution is 0.112. The van der Waals surface area contributed by atoms with E-state index >= 15 is 0 Å². The van der Waals surface area contributed by atoms with Crippen molar-refractivity contribution in [2.75, 3.05) is 6.61 Å². The molecule has 0 aliphatic carbocycles. The molecule has 0 saturated carbocycles. The number of carbonyl (C=O) groups is 1. The molecule has 0 fully saturated rings. The maximum absolute atomic E-state index is 10.5. The molecule has 0 N–H and O–H groups in total. The first-order valence-corrected chi connectivity index (χ1v) is 6.82. The van der Waals surface area contributed by atoms with E-state index in [9.17, 15) is 4.79 Å². The molecule has 1 atom stereocenters. The molecule has 92 valence electrons. The molecule has 0 aromatic heterocycles. The van der Waals surface area contributed by atoms with Crippen LogP contribution in [-0.2, 0) is 11.2 Å². The monoisotopic (exact) mass is 268 g/mol. The van der Waals surface area contributed by atoms with Gasteiger partial charge in [0.2, 0.25) is 4.38 Å². The van der Waals surface area contributed by atoms with Gasteiger partial charge < -0.3 is 4.74 Å². The Balaban J connectivity index is 2.46. The van der Waals surface area contributed by atoms with Gasteiger partial charge >= 0.3 is 0 Å². The quantitative estimate of drug-likeness (QED) is 0.603. The molecule has 1 aromatic carbocycles. The van der Waals surface area contributed by atoms with Gasteiger partial charge in [-0.25, -0.2) is 0 Å². The molecule has 1 aromatic rings. The Morgan fingerprint density at radius 2 is 2.12 bits per heavy atom. The van der Waals surface area contributed by atoms with E-state index < -0.39 is 0 Å². The average molecular weight is 268 g/mol. The fourth-order valence-electron chi connectivity index (χ4n) is 1.42. The van der Waals surface area contributed by atoms with Crippen LogP contribution in [-0.4, -0.2) is 22.5 Å². The van der Waals surface area contributed by atoms with Crippen molar-refractivity contribution in [1.29, 1.82) is 0 Å². The number of hydrogen-bond acceptors (Lipinski definition) is 4. The van der Waals surface area contributed by atoms with Crippen molar-refractivity contribution in [3.63, 3.8) is 0 Å². The number of carbonyl (C=O) groups excluding carboxylic acids is 1. The second-order valence-corrected chi connectivity index (χ2v) is 5.72. The molecule has 0 heterocycles. The Morgan fingerprint density at radius 3 is 2.65 bits per heavy atom. The summed E-state index contributed by atoms with van der Waals surface area (Å²) in [5, 5.41) is 0.371. The van der Waals surface area contributed by atoms with E-state index in [1.807, 2.05) is 31.2 Å². The van der Waals surface area contributed by atoms with Gasteiger partial charge in [-0.15, -0.1) is 0 Å². The first-order chi connectivity index (χ1) is 8.15. The van der Waals surface area contributed by atoms with E-state index in [4.69, 9.17) is 17.0 Å². The molecular weight excluding hydrogens is 252 g/mol. The van der Waals surface area contributed by atoms with Crippen LogP contribution in [0.2, 0.25) is 0 Å². The second-order valence-electron chi connectivity index (χ2n) is 3.68. The zero-order valence-corrected chi connectivity index (χ0v) is 11.6. The highest BCUT2D eigenvalue weighted by Gasteiger charge is 2.08. The zero-order valence-electron chi connectivity index (χ0n) is 10.0. The maximum Gasteiger partial charge on any atom is 0.220 e. The van der Waals surface area contributed by atoms with Gasteiger partial charge in [0.15, 0.2) is 0 Å². The molecule has 0 saturated heterocycles. The third kappa shape index (κ3) is 5.33. The molecule has 0 bridgehead atoms. The highest BCUT2D eigenvalue weighted by Crippen LogP contribution is 2.18. The molecule has 0 unspecified atom stereocenters. The summed E-state index contributed by atoms with van der Waals surface area (Å²) >= 11 is 6.65. The van der Waals surface area contributed by atoms with Crippen molar-refractivity contribution in [1.82, 2.24) is 0 Å². The molecule has 0 aliphatic heterocycles. The minimum atomic E-state index is 0.371. The summed E-state index contributed by atoms with van der Waals surface area (Å²) in [6.45, 7) is 4.66. The van der Waals surface area contributed by atoms with Crippen molar-refractivity contribution >= 4 is 34.6 Å². The Kier molecular flexibility index (Phi) is 6.22. The third-order valence-electron chi connectivity index (χ3n) is 2.20. The smallest absolute Gasteiger partial charge is 0.220 e. The van der Waals surface area contributed by atoms with E-state index in [2.05, 4.69) is 6.92 Å². The van der Waals surface area contributed by atoms with Crippen LogP contribution in [0.1, 0.15) is 29.8 Å². The number of thiocarbonyl (C=S) groups is 1. The first kappa shape index (κ1) is 14.2. The number of hydrogen-bond donors (Lipinski definition) is 0. The number of ether oxygens (including phenoxy) is 1. The summed E-state index contributed by atoms with van der Waals surface area (Å²) in [4.78, 5) is 10.5. The Morgan fingerprint density at radius 1 is 1.47 bits per heavy atom. The molecule has 1 rings (SSSR count). The maximum atomic E-state index is 10.5. The topological polar surface area (TPSA) is 26.3 Å². The Hall–Kier alpha value is -0.870. The lowest BCUT2D eigenvalue weighted by Crippen LogP contribution is -2.07. The van der Waals surface area contributed by atoms with Gasteiger partial charge in [0.25, 0.3) is 0 Å². The largest absolute Gasteiger partial charge is 0.479 e. The van der Waals surface area contributed by atoms with E-state index in [-0.39, 0.29) is 0 Å². The summed E-state index contributed by atoms with van der Waals surface area (Å²) in [5.74, 6) is 0. The van der Waals surface area contributed by atoms with Gasteiger partial charge in [-0.2, -0.15) is 0 Å². The van der Waals surface area contributed by atoms with Crippen LogP contribution in [0.4, 0.5) is 0 Å². The molecule has 17 heavy (non-hydrogen) atoms. The third-order valence-corrected chi connectivity index (χ3v) is 3.48. The van der Waals surface area contributed by atoms with Gasteiger partial charge in [0, 0.05) is 10.8 Å². The Bertz CT molecular complexity index is 374. The van der Waals surface area contributed by atoms with E-state index in [0.717, 1.165) is 12.7 Å². The number of rotatable bonds is 5. The van der Waals surface area contributed by atoms with Crippen molar-refractivity contribution in [3.8, 4) is 0 Å². The SMILES string of the molecule is CCOC(=S)S[C@@H](C)Cc1ccc(C=O)cc1. The van der Waals surface area contributed by atoms with Crippen molar-refractivity contribution in [2.45, 2.75) is 25.5 Å². The van der Waals surface area contributed by atoms with Crippen molar-refractivity contribution in [3.05, 3.63) is 35.4 Å². The normalized spacial score (nSPS) is 11.9. The summed E-state index contributed by atoms with van der Waals surface area (Å²) in [7, 11) is 0. The van der Waals surface area contributed by atoms with Gasteiger partial charge in [-0.3, -0.25) is 4.79 Å². The molecule has 4 heteroatoms. The molecule has 0 amide bonds. The van der Waals surface area contributed by atoms with E-state index in [1.165, 1.54) is 5.56 Å². The van der Waals surface area contributed by atoms with Crippen LogP contribution in [0.25, 0.3) is 0 Å². The number of benzene rings is 1. The fourth-order valence-corrected chi connectivity index (χ4v) is 2.82. The van der Waals surface area contributed by atoms with Gasteiger partial charge in [-0.1, -0.05) is 43.0 Å². The summed E-state index contributed by atoms with van der Waals surface area (Å²) < 4.78 is 5.84. The standard InChI is InChI=1S/C13H16O2S2/c1-3-15-13(16)17-10(2)8-11-4-6-12(9-14)7-5-11/h4-7,9-10H,3,8H2,1-2H3/t10-/m0/s1. The number of thioether (sulfide) groups is 1. The van der Waals surface area contributed by atoms with Crippen molar-refractivity contribution < 1.29 is 9.53 Å². The molecule has 0 radical (unpaired) electrons. The minimum Gasteiger partial charge on any atom is -0.479 e. The zero-order chi connectivity index (χ0) is 12.7. The van der Waals surface area contributed by atoms with Crippen LogP contribution in [0, 0.1) is 0 Å². The summed E-state index contributed by atoms with van der Waals surface area (Å²) in [5.41, 5.74) is 1.91. The van der Waals surface area contributed by atoms with Crippen molar-refractivity contribution in [2.24, 2.45) is 0 Å². The second kappa shape index (κ2) is 7.45. The van der Waals surface area contributed by atoms with Gasteiger partial charge in [-0.05, 0) is 31.1 Å². The molecule has 2 nitrogen and oxygen atoms in total. The van der Waals surface area contributed by atoms with Gasteiger partial charge in [0.05, 0.1) is 6.61 Å². The summed E-state index contributed by atoms with van der Waals surface area (Å²) in [6, 6.07) is 7.62. The fraction of sp³-hybridized carbons (Fsp3) is 0.385. The van der Waals surface area contributed by atoms with E-state index in [1.54, 1.807) is 11.8 Å². The molecular formula is C13H16O2S2. The predicted octanol–water partition coefficient (Wildman–Crippen LogP) is 3.48. The van der Waals surface area contributed by atoms with Crippen LogP contribution in [0.15, 0.2) is 24.3 Å². The minimum absolute atomic E-state index is 0.371. The lowest BCUT2D eigenvalue weighted by Gasteiger charge is -2.11. The molecule has 0 spiro atoms. The summed E-state index contributed by atoms with van der Waals surface area (Å²) in [6.07, 6.45) is 1.77. The highest BCUT2D eigenvalue weighted by atomic mass is 32.2. The molecule has 0 aliphatic rings. The van der Waals surface area contributed by atoms with Crippen LogP contribution < -0.4 is 0 Å². The lowest BCUT2D eigenvalue weighted by atomic mass is 10.1. The Labute approximate surface area is 112 Å². The first-order valence-electron chi connectivity index (χ1n) is 5.53. The van der Waals surface area contributed by atoms with Crippen LogP contribution >= 0.6 is 24.0 Å².